The summed E-state index contributed by atoms with van der Waals surface area (Å²) in [6, 6.07) is 7.77. The lowest BCUT2D eigenvalue weighted by atomic mass is 9.85. The van der Waals surface area contributed by atoms with Crippen molar-refractivity contribution in [1.29, 1.82) is 0 Å². The van der Waals surface area contributed by atoms with Gasteiger partial charge >= 0.3 is 0 Å². The van der Waals surface area contributed by atoms with Gasteiger partial charge in [0.25, 0.3) is 0 Å². The summed E-state index contributed by atoms with van der Waals surface area (Å²) in [4.78, 5) is 14.0. The first-order chi connectivity index (χ1) is 9.18. The van der Waals surface area contributed by atoms with Gasteiger partial charge in [-0.15, -0.1) is 0 Å². The van der Waals surface area contributed by atoms with Crippen LogP contribution in [0.5, 0.6) is 0 Å². The van der Waals surface area contributed by atoms with Crippen molar-refractivity contribution in [3.05, 3.63) is 29.8 Å². The molecule has 1 aromatic carbocycles. The molecule has 4 heteroatoms. The van der Waals surface area contributed by atoms with Crippen LogP contribution in [0.3, 0.4) is 0 Å². The summed E-state index contributed by atoms with van der Waals surface area (Å²) in [6.45, 7) is 7.02. The van der Waals surface area contributed by atoms with Crippen molar-refractivity contribution in [2.75, 3.05) is 19.4 Å². The van der Waals surface area contributed by atoms with Crippen LogP contribution in [0.1, 0.15) is 32.8 Å². The summed E-state index contributed by atoms with van der Waals surface area (Å²) in [7, 11) is 4.06. The van der Waals surface area contributed by atoms with E-state index in [1.54, 1.807) is 0 Å². The van der Waals surface area contributed by atoms with Gasteiger partial charge < -0.3 is 16.0 Å². The molecule has 0 bridgehead atoms. The molecule has 0 saturated carbocycles. The van der Waals surface area contributed by atoms with E-state index >= 15 is 0 Å². The number of nitrogens with two attached hydrogens (primary N) is 1. The third kappa shape index (κ3) is 5.72. The van der Waals surface area contributed by atoms with E-state index in [2.05, 4.69) is 10.2 Å². The minimum atomic E-state index is -0.143. The maximum atomic E-state index is 11.9. The van der Waals surface area contributed by atoms with Gasteiger partial charge in [0.15, 0.2) is 0 Å². The van der Waals surface area contributed by atoms with E-state index in [0.717, 1.165) is 12.2 Å². The molecule has 1 amide bonds. The topological polar surface area (TPSA) is 58.4 Å². The number of carbonyl (C=O) groups excluding carboxylic acids is 1. The molecule has 1 unspecified atom stereocenters. The molecule has 0 aromatic heterocycles. The van der Waals surface area contributed by atoms with E-state index in [4.69, 9.17) is 5.73 Å². The van der Waals surface area contributed by atoms with Crippen molar-refractivity contribution < 1.29 is 4.79 Å². The number of anilines is 1. The summed E-state index contributed by atoms with van der Waals surface area (Å²) >= 11 is 0. The average Bonchev–Trinajstić information content (AvgIpc) is 2.29. The van der Waals surface area contributed by atoms with E-state index in [1.807, 2.05) is 59.1 Å². The molecule has 0 aliphatic rings. The maximum absolute atomic E-state index is 11.9. The Kier molecular flexibility index (Phi) is 5.72. The molecule has 0 fully saturated rings. The zero-order valence-electron chi connectivity index (χ0n) is 13.2. The summed E-state index contributed by atoms with van der Waals surface area (Å²) in [6.07, 6.45) is 0.336. The van der Waals surface area contributed by atoms with Crippen LogP contribution in [-0.4, -0.2) is 30.9 Å². The lowest BCUT2D eigenvalue weighted by Crippen LogP contribution is -2.38. The highest BCUT2D eigenvalue weighted by molar-refractivity contribution is 5.91. The van der Waals surface area contributed by atoms with E-state index < -0.39 is 0 Å². The zero-order chi connectivity index (χ0) is 15.3. The number of amides is 1. The number of hydrogen-bond donors (Lipinski definition) is 2. The lowest BCUT2D eigenvalue weighted by molar-refractivity contribution is -0.117. The number of carbonyl (C=O) groups is 1. The Morgan fingerprint density at radius 3 is 2.25 bits per heavy atom. The van der Waals surface area contributed by atoms with Gasteiger partial charge in [-0.1, -0.05) is 32.9 Å². The average molecular weight is 277 g/mol. The molecule has 0 aliphatic carbocycles. The fourth-order valence-electron chi connectivity index (χ4n) is 1.78. The Balaban J connectivity index is 2.54. The Morgan fingerprint density at radius 2 is 1.80 bits per heavy atom. The monoisotopic (exact) mass is 277 g/mol. The van der Waals surface area contributed by atoms with Gasteiger partial charge in [0.2, 0.25) is 5.91 Å². The minimum Gasteiger partial charge on any atom is -0.327 e. The van der Waals surface area contributed by atoms with Crippen molar-refractivity contribution in [2.24, 2.45) is 11.1 Å². The third-order valence-corrected chi connectivity index (χ3v) is 3.25. The second-order valence-corrected chi connectivity index (χ2v) is 6.66. The predicted molar refractivity (Wildman–Crippen MR) is 84.5 cm³/mol. The van der Waals surface area contributed by atoms with Crippen LogP contribution in [0.15, 0.2) is 24.3 Å². The van der Waals surface area contributed by atoms with Crippen LogP contribution in [0.4, 0.5) is 5.69 Å². The summed E-state index contributed by atoms with van der Waals surface area (Å²) < 4.78 is 0. The van der Waals surface area contributed by atoms with Crippen molar-refractivity contribution >= 4 is 11.6 Å². The molecule has 20 heavy (non-hydrogen) atoms. The van der Waals surface area contributed by atoms with Crippen LogP contribution >= 0.6 is 0 Å². The van der Waals surface area contributed by atoms with Gasteiger partial charge in [0.1, 0.15) is 0 Å². The fourth-order valence-corrected chi connectivity index (χ4v) is 1.78. The van der Waals surface area contributed by atoms with Crippen molar-refractivity contribution in [3.8, 4) is 0 Å². The highest BCUT2D eigenvalue weighted by atomic mass is 16.1. The van der Waals surface area contributed by atoms with E-state index in [-0.39, 0.29) is 17.4 Å². The molecule has 0 spiro atoms. The van der Waals surface area contributed by atoms with Crippen LogP contribution in [0, 0.1) is 5.41 Å². The molecule has 1 atom stereocenters. The molecule has 1 aromatic rings. The standard InChI is InChI=1S/C16H27N3O/c1-16(2,3)14(17)10-15(20)18-13-8-6-12(7-9-13)11-19(4)5/h6-9,14H,10-11,17H2,1-5H3,(H,18,20). The van der Waals surface area contributed by atoms with Crippen LogP contribution in [0.2, 0.25) is 0 Å². The first-order valence-electron chi connectivity index (χ1n) is 6.97. The first kappa shape index (κ1) is 16.7. The molecule has 3 N–H and O–H groups in total. The van der Waals surface area contributed by atoms with E-state index in [1.165, 1.54) is 5.56 Å². The Bertz CT molecular complexity index is 432. The van der Waals surface area contributed by atoms with Gasteiger partial charge in [0, 0.05) is 24.7 Å². The number of rotatable bonds is 5. The molecule has 0 saturated heterocycles. The lowest BCUT2D eigenvalue weighted by Gasteiger charge is -2.26. The van der Waals surface area contributed by atoms with Crippen LogP contribution in [-0.2, 0) is 11.3 Å². The van der Waals surface area contributed by atoms with Crippen molar-refractivity contribution in [3.63, 3.8) is 0 Å². The van der Waals surface area contributed by atoms with Gasteiger partial charge in [-0.3, -0.25) is 4.79 Å². The SMILES string of the molecule is CN(C)Cc1ccc(NC(=O)CC(N)C(C)(C)C)cc1. The highest BCUT2D eigenvalue weighted by Gasteiger charge is 2.23. The highest BCUT2D eigenvalue weighted by Crippen LogP contribution is 2.20. The van der Waals surface area contributed by atoms with Crippen molar-refractivity contribution in [1.82, 2.24) is 4.90 Å². The summed E-state index contributed by atoms with van der Waals surface area (Å²) in [5.41, 5.74) is 8.00. The molecule has 0 radical (unpaired) electrons. The molecule has 0 heterocycles. The third-order valence-electron chi connectivity index (χ3n) is 3.25. The summed E-state index contributed by atoms with van der Waals surface area (Å²) in [5, 5.41) is 2.89. The van der Waals surface area contributed by atoms with Crippen molar-refractivity contribution in [2.45, 2.75) is 39.8 Å². The number of nitrogens with one attached hydrogen (secondary N) is 1. The van der Waals surface area contributed by atoms with Crippen LogP contribution < -0.4 is 11.1 Å². The van der Waals surface area contributed by atoms with Gasteiger partial charge in [0.05, 0.1) is 0 Å². The van der Waals surface area contributed by atoms with E-state index in [9.17, 15) is 4.79 Å². The zero-order valence-corrected chi connectivity index (χ0v) is 13.2. The first-order valence-corrected chi connectivity index (χ1v) is 6.97. The molecule has 4 nitrogen and oxygen atoms in total. The second kappa shape index (κ2) is 6.86. The normalized spacial score (nSPS) is 13.3. The maximum Gasteiger partial charge on any atom is 0.225 e. The number of benzene rings is 1. The number of nitrogens with zero attached hydrogens (tertiary/aromatic N) is 1. The summed E-state index contributed by atoms with van der Waals surface area (Å²) in [5.74, 6) is -0.0345. The fraction of sp³-hybridized carbons (Fsp3) is 0.562. The molecular weight excluding hydrogens is 250 g/mol. The molecule has 112 valence electrons. The minimum absolute atomic E-state index is 0.0345. The predicted octanol–water partition coefficient (Wildman–Crippen LogP) is 2.45. The molecule has 0 aliphatic heterocycles. The second-order valence-electron chi connectivity index (χ2n) is 6.66. The van der Waals surface area contributed by atoms with Gasteiger partial charge in [-0.25, -0.2) is 0 Å². The number of hydrogen-bond acceptors (Lipinski definition) is 3. The van der Waals surface area contributed by atoms with Crippen LogP contribution in [0.25, 0.3) is 0 Å². The Morgan fingerprint density at radius 1 is 1.25 bits per heavy atom. The van der Waals surface area contributed by atoms with Gasteiger partial charge in [-0.2, -0.15) is 0 Å². The largest absolute Gasteiger partial charge is 0.327 e. The van der Waals surface area contributed by atoms with E-state index in [0.29, 0.717) is 6.42 Å². The quantitative estimate of drug-likeness (QED) is 0.869. The smallest absolute Gasteiger partial charge is 0.225 e. The Hall–Kier alpha value is -1.39. The molecular formula is C16H27N3O. The van der Waals surface area contributed by atoms with Gasteiger partial charge in [-0.05, 0) is 37.2 Å². The Labute approximate surface area is 122 Å². The molecule has 1 rings (SSSR count).